The van der Waals surface area contributed by atoms with E-state index in [9.17, 15) is 18.3 Å². The standard InChI is InChI=1S/C12H23NO4S/c1-10(18(2,16)17)11(14)13-9-12(15)7-5-3-4-6-8-12/h10,15H,3-9H2,1-2H3,(H,13,14). The summed E-state index contributed by atoms with van der Waals surface area (Å²) in [6.07, 6.45) is 6.49. The van der Waals surface area contributed by atoms with Gasteiger partial charge in [0.25, 0.3) is 0 Å². The molecule has 1 atom stereocenters. The topological polar surface area (TPSA) is 83.5 Å². The molecule has 1 unspecified atom stereocenters. The molecule has 1 aliphatic rings. The summed E-state index contributed by atoms with van der Waals surface area (Å²) in [7, 11) is -3.38. The average molecular weight is 277 g/mol. The van der Waals surface area contributed by atoms with Gasteiger partial charge in [0.15, 0.2) is 9.84 Å². The van der Waals surface area contributed by atoms with Gasteiger partial charge >= 0.3 is 0 Å². The van der Waals surface area contributed by atoms with Gasteiger partial charge in [-0.2, -0.15) is 0 Å². The van der Waals surface area contributed by atoms with Crippen molar-refractivity contribution in [2.45, 2.75) is 56.3 Å². The average Bonchev–Trinajstić information content (AvgIpc) is 2.49. The first kappa shape index (κ1) is 15.4. The summed E-state index contributed by atoms with van der Waals surface area (Å²) < 4.78 is 22.5. The molecule has 1 fully saturated rings. The van der Waals surface area contributed by atoms with Crippen LogP contribution in [0.3, 0.4) is 0 Å². The lowest BCUT2D eigenvalue weighted by molar-refractivity contribution is -0.121. The maximum atomic E-state index is 11.7. The van der Waals surface area contributed by atoms with Crippen LogP contribution < -0.4 is 5.32 Å². The van der Waals surface area contributed by atoms with E-state index in [-0.39, 0.29) is 6.54 Å². The highest BCUT2D eigenvalue weighted by atomic mass is 32.2. The Hall–Kier alpha value is -0.620. The van der Waals surface area contributed by atoms with Crippen LogP contribution in [0.4, 0.5) is 0 Å². The zero-order valence-electron chi connectivity index (χ0n) is 11.1. The predicted octanol–water partition coefficient (Wildman–Crippen LogP) is 0.621. The third kappa shape index (κ3) is 4.57. The van der Waals surface area contributed by atoms with E-state index < -0.39 is 26.6 Å². The van der Waals surface area contributed by atoms with Gasteiger partial charge in [-0.15, -0.1) is 0 Å². The Labute approximate surface area is 109 Å². The van der Waals surface area contributed by atoms with E-state index in [2.05, 4.69) is 5.32 Å². The summed E-state index contributed by atoms with van der Waals surface area (Å²) in [5, 5.41) is 11.8. The lowest BCUT2D eigenvalue weighted by atomic mass is 9.94. The van der Waals surface area contributed by atoms with Gasteiger partial charge in [-0.1, -0.05) is 25.7 Å². The minimum absolute atomic E-state index is 0.145. The van der Waals surface area contributed by atoms with Crippen molar-refractivity contribution in [1.29, 1.82) is 0 Å². The molecule has 0 aromatic heterocycles. The number of nitrogens with one attached hydrogen (secondary N) is 1. The quantitative estimate of drug-likeness (QED) is 0.738. The fourth-order valence-corrected chi connectivity index (χ4v) is 2.63. The van der Waals surface area contributed by atoms with E-state index in [0.29, 0.717) is 12.8 Å². The minimum Gasteiger partial charge on any atom is -0.388 e. The van der Waals surface area contributed by atoms with Crippen molar-refractivity contribution >= 4 is 15.7 Å². The summed E-state index contributed by atoms with van der Waals surface area (Å²) in [4.78, 5) is 11.7. The second-order valence-corrected chi connectivity index (χ2v) is 7.69. The van der Waals surface area contributed by atoms with E-state index >= 15 is 0 Å². The summed E-state index contributed by atoms with van der Waals surface area (Å²) >= 11 is 0. The van der Waals surface area contributed by atoms with Crippen LogP contribution in [0, 0.1) is 0 Å². The summed E-state index contributed by atoms with van der Waals surface area (Å²) in [5.41, 5.74) is -0.872. The van der Waals surface area contributed by atoms with Crippen LogP contribution in [0.15, 0.2) is 0 Å². The highest BCUT2D eigenvalue weighted by molar-refractivity contribution is 7.92. The van der Waals surface area contributed by atoms with Gasteiger partial charge in [-0.25, -0.2) is 8.42 Å². The molecule has 0 aromatic rings. The van der Waals surface area contributed by atoms with Gasteiger partial charge in [0.2, 0.25) is 5.91 Å². The van der Waals surface area contributed by atoms with Crippen molar-refractivity contribution in [3.8, 4) is 0 Å². The van der Waals surface area contributed by atoms with Gasteiger partial charge in [0, 0.05) is 12.8 Å². The molecule has 18 heavy (non-hydrogen) atoms. The van der Waals surface area contributed by atoms with Crippen LogP contribution in [0.25, 0.3) is 0 Å². The summed E-state index contributed by atoms with van der Waals surface area (Å²) in [6.45, 7) is 1.51. The van der Waals surface area contributed by atoms with Crippen molar-refractivity contribution < 1.29 is 18.3 Å². The Bertz CT molecular complexity index is 383. The second-order valence-electron chi connectivity index (χ2n) is 5.33. The lowest BCUT2D eigenvalue weighted by Crippen LogP contribution is -2.46. The highest BCUT2D eigenvalue weighted by Crippen LogP contribution is 2.26. The third-order valence-electron chi connectivity index (χ3n) is 3.64. The first-order valence-corrected chi connectivity index (χ1v) is 8.39. The van der Waals surface area contributed by atoms with E-state index in [1.807, 2.05) is 0 Å². The third-order valence-corrected chi connectivity index (χ3v) is 5.14. The Kier molecular flexibility index (Phi) is 5.16. The zero-order valence-corrected chi connectivity index (χ0v) is 11.9. The van der Waals surface area contributed by atoms with E-state index in [0.717, 1.165) is 31.9 Å². The first-order chi connectivity index (χ1) is 8.25. The molecule has 5 nitrogen and oxygen atoms in total. The molecule has 1 rings (SSSR count). The first-order valence-electron chi connectivity index (χ1n) is 6.44. The van der Waals surface area contributed by atoms with Crippen LogP contribution in [-0.2, 0) is 14.6 Å². The Balaban J connectivity index is 2.51. The second kappa shape index (κ2) is 6.02. The smallest absolute Gasteiger partial charge is 0.238 e. The van der Waals surface area contributed by atoms with Crippen molar-refractivity contribution in [1.82, 2.24) is 5.32 Å². The number of sulfone groups is 1. The Morgan fingerprint density at radius 3 is 2.22 bits per heavy atom. The number of amides is 1. The number of carbonyl (C=O) groups excluding carboxylic acids is 1. The number of aliphatic hydroxyl groups is 1. The zero-order chi connectivity index (χ0) is 13.8. The number of hydrogen-bond donors (Lipinski definition) is 2. The minimum atomic E-state index is -3.38. The highest BCUT2D eigenvalue weighted by Gasteiger charge is 2.30. The maximum Gasteiger partial charge on any atom is 0.238 e. The molecule has 0 saturated heterocycles. The molecule has 106 valence electrons. The van der Waals surface area contributed by atoms with Crippen molar-refractivity contribution in [3.63, 3.8) is 0 Å². The van der Waals surface area contributed by atoms with Crippen LogP contribution in [-0.4, -0.2) is 43.1 Å². The van der Waals surface area contributed by atoms with Crippen LogP contribution in [0.5, 0.6) is 0 Å². The molecular formula is C12H23NO4S. The Morgan fingerprint density at radius 2 is 1.78 bits per heavy atom. The molecular weight excluding hydrogens is 254 g/mol. The molecule has 1 aliphatic carbocycles. The van der Waals surface area contributed by atoms with Gasteiger partial charge in [0.1, 0.15) is 5.25 Å². The fourth-order valence-electron chi connectivity index (χ4n) is 2.15. The molecule has 6 heteroatoms. The van der Waals surface area contributed by atoms with E-state index in [1.54, 1.807) is 0 Å². The number of carbonyl (C=O) groups is 1. The lowest BCUT2D eigenvalue weighted by Gasteiger charge is -2.27. The van der Waals surface area contributed by atoms with Crippen molar-refractivity contribution in [2.75, 3.05) is 12.8 Å². The van der Waals surface area contributed by atoms with Gasteiger partial charge in [0.05, 0.1) is 5.60 Å². The van der Waals surface area contributed by atoms with Crippen molar-refractivity contribution in [3.05, 3.63) is 0 Å². The van der Waals surface area contributed by atoms with Crippen LogP contribution in [0.1, 0.15) is 45.4 Å². The number of hydrogen-bond acceptors (Lipinski definition) is 4. The largest absolute Gasteiger partial charge is 0.388 e. The van der Waals surface area contributed by atoms with Crippen LogP contribution >= 0.6 is 0 Å². The molecule has 0 aromatic carbocycles. The van der Waals surface area contributed by atoms with Gasteiger partial charge in [-0.05, 0) is 19.8 Å². The summed E-state index contributed by atoms with van der Waals surface area (Å²) in [6, 6.07) is 0. The molecule has 1 saturated carbocycles. The van der Waals surface area contributed by atoms with E-state index in [4.69, 9.17) is 0 Å². The van der Waals surface area contributed by atoms with Crippen LogP contribution in [0.2, 0.25) is 0 Å². The van der Waals surface area contributed by atoms with E-state index in [1.165, 1.54) is 6.92 Å². The molecule has 2 N–H and O–H groups in total. The molecule has 0 bridgehead atoms. The Morgan fingerprint density at radius 1 is 1.28 bits per heavy atom. The number of rotatable bonds is 4. The monoisotopic (exact) mass is 277 g/mol. The van der Waals surface area contributed by atoms with Crippen molar-refractivity contribution in [2.24, 2.45) is 0 Å². The predicted molar refractivity (Wildman–Crippen MR) is 70.0 cm³/mol. The van der Waals surface area contributed by atoms with Gasteiger partial charge in [-0.3, -0.25) is 4.79 Å². The maximum absolute atomic E-state index is 11.7. The SMILES string of the molecule is CC(C(=O)NCC1(O)CCCCCC1)S(C)(=O)=O. The molecule has 0 heterocycles. The van der Waals surface area contributed by atoms with Gasteiger partial charge < -0.3 is 10.4 Å². The normalized spacial score (nSPS) is 21.9. The molecule has 1 amide bonds. The molecule has 0 spiro atoms. The molecule has 0 aliphatic heterocycles. The summed E-state index contributed by atoms with van der Waals surface area (Å²) in [5.74, 6) is -0.532. The fraction of sp³-hybridized carbons (Fsp3) is 0.917. The molecule has 0 radical (unpaired) electrons.